The van der Waals surface area contributed by atoms with Gasteiger partial charge in [0, 0.05) is 26.2 Å². The lowest BCUT2D eigenvalue weighted by Crippen LogP contribution is -2.45. The van der Waals surface area contributed by atoms with Crippen molar-refractivity contribution < 1.29 is 24.0 Å². The molecule has 1 atom stereocenters. The quantitative estimate of drug-likeness (QED) is 0.792. The zero-order valence-corrected chi connectivity index (χ0v) is 12.1. The van der Waals surface area contributed by atoms with Gasteiger partial charge in [-0.05, 0) is 5.56 Å². The Morgan fingerprint density at radius 3 is 2.32 bits per heavy atom. The van der Waals surface area contributed by atoms with Crippen molar-refractivity contribution in [3.05, 3.63) is 35.9 Å². The summed E-state index contributed by atoms with van der Waals surface area (Å²) in [5.41, 5.74) is 0.817. The van der Waals surface area contributed by atoms with Crippen molar-refractivity contribution in [2.45, 2.75) is 32.2 Å². The Morgan fingerprint density at radius 1 is 1.18 bits per heavy atom. The average Bonchev–Trinajstić information content (AvgIpc) is 2.79. The van der Waals surface area contributed by atoms with Crippen LogP contribution >= 0.6 is 0 Å². The zero-order chi connectivity index (χ0) is 16.1. The molecule has 116 valence electrons. The maximum Gasteiger partial charge on any atom is 0.355 e. The normalized spacial score (nSPS) is 15.6. The van der Waals surface area contributed by atoms with Gasteiger partial charge >= 0.3 is 5.97 Å². The molecule has 1 heterocycles. The number of hydrogen-bond donors (Lipinski definition) is 1. The number of rotatable bonds is 5. The van der Waals surface area contributed by atoms with Crippen LogP contribution in [0.3, 0.4) is 0 Å². The van der Waals surface area contributed by atoms with E-state index in [-0.39, 0.29) is 19.3 Å². The second-order valence-electron chi connectivity index (χ2n) is 4.94. The summed E-state index contributed by atoms with van der Waals surface area (Å²) in [7, 11) is 0. The number of amides is 3. The Hall–Kier alpha value is -2.70. The van der Waals surface area contributed by atoms with Crippen molar-refractivity contribution in [3.63, 3.8) is 0 Å². The predicted octanol–water partition coefficient (Wildman–Crippen LogP) is 0.341. The monoisotopic (exact) mass is 304 g/mol. The lowest BCUT2D eigenvalue weighted by molar-refractivity contribution is -0.199. The van der Waals surface area contributed by atoms with Crippen molar-refractivity contribution in [3.8, 4) is 0 Å². The molecule has 0 saturated carbocycles. The molecule has 1 aromatic rings. The molecule has 1 N–H and O–H groups in total. The van der Waals surface area contributed by atoms with E-state index >= 15 is 0 Å². The van der Waals surface area contributed by atoms with Crippen LogP contribution in [0.4, 0.5) is 0 Å². The number of hydroxylamine groups is 2. The van der Waals surface area contributed by atoms with Gasteiger partial charge in [0.05, 0.1) is 0 Å². The molecule has 2 rings (SSSR count). The van der Waals surface area contributed by atoms with E-state index in [0.717, 1.165) is 5.56 Å². The molecule has 1 fully saturated rings. The van der Waals surface area contributed by atoms with Gasteiger partial charge in [-0.1, -0.05) is 30.3 Å². The van der Waals surface area contributed by atoms with Crippen LogP contribution in [0.2, 0.25) is 0 Å². The Labute approximate surface area is 127 Å². The standard InChI is InChI=1S/C15H16N2O5/c1-10(18)16-12(9-11-5-3-2-4-6-11)15(21)22-17-13(19)7-8-14(17)20/h2-6,12H,7-9H2,1H3,(H,16,18). The summed E-state index contributed by atoms with van der Waals surface area (Å²) >= 11 is 0. The Morgan fingerprint density at radius 2 is 1.77 bits per heavy atom. The number of carbonyl (C=O) groups excluding carboxylic acids is 4. The van der Waals surface area contributed by atoms with E-state index in [1.54, 1.807) is 24.3 Å². The second-order valence-corrected chi connectivity index (χ2v) is 4.94. The van der Waals surface area contributed by atoms with Gasteiger partial charge in [-0.2, -0.15) is 0 Å². The summed E-state index contributed by atoms with van der Waals surface area (Å²) in [5.74, 6) is -2.36. The minimum Gasteiger partial charge on any atom is -0.343 e. The molecule has 1 aromatic carbocycles. The highest BCUT2D eigenvalue weighted by molar-refractivity contribution is 6.01. The van der Waals surface area contributed by atoms with Crippen molar-refractivity contribution in [2.75, 3.05) is 0 Å². The minimum atomic E-state index is -0.971. The lowest BCUT2D eigenvalue weighted by atomic mass is 10.1. The molecular weight excluding hydrogens is 288 g/mol. The van der Waals surface area contributed by atoms with Crippen LogP contribution in [0, 0.1) is 0 Å². The summed E-state index contributed by atoms with van der Waals surface area (Å²) in [4.78, 5) is 51.2. The van der Waals surface area contributed by atoms with Crippen LogP contribution in [0.5, 0.6) is 0 Å². The Kier molecular flexibility index (Phi) is 4.88. The van der Waals surface area contributed by atoms with E-state index < -0.39 is 29.7 Å². The third-order valence-corrected chi connectivity index (χ3v) is 3.13. The molecular formula is C15H16N2O5. The fourth-order valence-electron chi connectivity index (χ4n) is 2.10. The number of benzene rings is 1. The topological polar surface area (TPSA) is 92.8 Å². The fourth-order valence-corrected chi connectivity index (χ4v) is 2.10. The van der Waals surface area contributed by atoms with Crippen LogP contribution in [-0.2, 0) is 30.4 Å². The van der Waals surface area contributed by atoms with E-state index in [2.05, 4.69) is 5.32 Å². The zero-order valence-electron chi connectivity index (χ0n) is 12.1. The first-order valence-electron chi connectivity index (χ1n) is 6.86. The average molecular weight is 304 g/mol. The fraction of sp³-hybridized carbons (Fsp3) is 0.333. The summed E-state index contributed by atoms with van der Waals surface area (Å²) < 4.78 is 0. The summed E-state index contributed by atoms with van der Waals surface area (Å²) in [6, 6.07) is 8.07. The van der Waals surface area contributed by atoms with Crippen molar-refractivity contribution >= 4 is 23.7 Å². The smallest absolute Gasteiger partial charge is 0.343 e. The van der Waals surface area contributed by atoms with E-state index in [1.165, 1.54) is 6.92 Å². The maximum absolute atomic E-state index is 12.1. The molecule has 0 aliphatic carbocycles. The molecule has 1 unspecified atom stereocenters. The molecule has 0 aromatic heterocycles. The molecule has 7 nitrogen and oxygen atoms in total. The van der Waals surface area contributed by atoms with Crippen LogP contribution < -0.4 is 5.32 Å². The molecule has 1 aliphatic heterocycles. The van der Waals surface area contributed by atoms with Gasteiger partial charge in [0.1, 0.15) is 6.04 Å². The number of nitrogens with one attached hydrogen (secondary N) is 1. The van der Waals surface area contributed by atoms with Gasteiger partial charge in [-0.15, -0.1) is 5.06 Å². The summed E-state index contributed by atoms with van der Waals surface area (Å²) in [6.07, 6.45) is 0.251. The highest BCUT2D eigenvalue weighted by Crippen LogP contribution is 2.13. The van der Waals surface area contributed by atoms with Gasteiger partial charge in [0.2, 0.25) is 5.91 Å². The molecule has 0 spiro atoms. The largest absolute Gasteiger partial charge is 0.355 e. The van der Waals surface area contributed by atoms with Crippen LogP contribution in [0.15, 0.2) is 30.3 Å². The molecule has 0 bridgehead atoms. The summed E-state index contributed by atoms with van der Waals surface area (Å²) in [6.45, 7) is 1.28. The van der Waals surface area contributed by atoms with E-state index in [1.807, 2.05) is 6.07 Å². The lowest BCUT2D eigenvalue weighted by Gasteiger charge is -2.19. The third kappa shape index (κ3) is 3.91. The minimum absolute atomic E-state index is 0.0234. The van der Waals surface area contributed by atoms with Gasteiger partial charge in [0.15, 0.2) is 0 Å². The maximum atomic E-state index is 12.1. The first kappa shape index (κ1) is 15.7. The van der Waals surface area contributed by atoms with E-state index in [4.69, 9.17) is 4.84 Å². The van der Waals surface area contributed by atoms with Crippen molar-refractivity contribution in [1.82, 2.24) is 10.4 Å². The first-order valence-corrected chi connectivity index (χ1v) is 6.86. The molecule has 0 radical (unpaired) electrons. The highest BCUT2D eigenvalue weighted by atomic mass is 16.7. The molecule has 1 saturated heterocycles. The predicted molar refractivity (Wildman–Crippen MR) is 74.9 cm³/mol. The molecule has 3 amide bonds. The Bertz CT molecular complexity index is 583. The number of carbonyl (C=O) groups is 4. The SMILES string of the molecule is CC(=O)NC(Cc1ccccc1)C(=O)ON1C(=O)CCC1=O. The molecule has 7 heteroatoms. The first-order chi connectivity index (χ1) is 10.5. The van der Waals surface area contributed by atoms with Crippen LogP contribution in [-0.4, -0.2) is 34.8 Å². The third-order valence-electron chi connectivity index (χ3n) is 3.13. The van der Waals surface area contributed by atoms with Crippen LogP contribution in [0.1, 0.15) is 25.3 Å². The number of imide groups is 1. The van der Waals surface area contributed by atoms with E-state index in [0.29, 0.717) is 5.06 Å². The number of hydrogen-bond acceptors (Lipinski definition) is 5. The second kappa shape index (κ2) is 6.84. The van der Waals surface area contributed by atoms with Crippen molar-refractivity contribution in [2.24, 2.45) is 0 Å². The van der Waals surface area contributed by atoms with Gasteiger partial charge < -0.3 is 10.2 Å². The van der Waals surface area contributed by atoms with Gasteiger partial charge in [-0.3, -0.25) is 14.4 Å². The van der Waals surface area contributed by atoms with Gasteiger partial charge in [-0.25, -0.2) is 4.79 Å². The number of nitrogens with zero attached hydrogens (tertiary/aromatic N) is 1. The molecule has 22 heavy (non-hydrogen) atoms. The van der Waals surface area contributed by atoms with Crippen molar-refractivity contribution in [1.29, 1.82) is 0 Å². The van der Waals surface area contributed by atoms with E-state index in [9.17, 15) is 19.2 Å². The van der Waals surface area contributed by atoms with Gasteiger partial charge in [0.25, 0.3) is 11.8 Å². The molecule has 1 aliphatic rings. The highest BCUT2D eigenvalue weighted by Gasteiger charge is 2.35. The van der Waals surface area contributed by atoms with Crippen LogP contribution in [0.25, 0.3) is 0 Å². The Balaban J connectivity index is 2.07. The summed E-state index contributed by atoms with van der Waals surface area (Å²) in [5, 5.41) is 2.94.